The Kier molecular flexibility index (Phi) is 4.71. The molecule has 0 aliphatic heterocycles. The number of nitrogens with one attached hydrogen (secondary N) is 1. The lowest BCUT2D eigenvalue weighted by molar-refractivity contribution is -0.117. The quantitative estimate of drug-likeness (QED) is 0.782. The molecule has 0 aliphatic carbocycles. The predicted octanol–water partition coefficient (Wildman–Crippen LogP) is 2.30. The van der Waals surface area contributed by atoms with Gasteiger partial charge in [-0.3, -0.25) is 9.59 Å². The van der Waals surface area contributed by atoms with Crippen molar-refractivity contribution in [3.05, 3.63) is 69.3 Å². The summed E-state index contributed by atoms with van der Waals surface area (Å²) in [6, 6.07) is 10.7. The summed E-state index contributed by atoms with van der Waals surface area (Å²) in [6.07, 6.45) is 0. The molecule has 1 N–H and O–H groups in total. The molecule has 7 nitrogen and oxygen atoms in total. The van der Waals surface area contributed by atoms with E-state index < -0.39 is 0 Å². The number of hydrogen-bond acceptors (Lipinski definition) is 4. The highest BCUT2D eigenvalue weighted by atomic mass is 16.2. The van der Waals surface area contributed by atoms with Gasteiger partial charge in [0.25, 0.3) is 5.56 Å². The fourth-order valence-electron chi connectivity index (χ4n) is 2.80. The van der Waals surface area contributed by atoms with E-state index in [1.165, 1.54) is 6.07 Å². The maximum Gasteiger partial charge on any atom is 0.267 e. The lowest BCUT2D eigenvalue weighted by atomic mass is 10.1. The Morgan fingerprint density at radius 2 is 1.81 bits per heavy atom. The number of aryl methyl sites for hydroxylation is 4. The van der Waals surface area contributed by atoms with Crippen LogP contribution < -0.4 is 10.9 Å². The zero-order chi connectivity index (χ0) is 18.8. The highest BCUT2D eigenvalue weighted by molar-refractivity contribution is 5.91. The minimum atomic E-state index is -0.342. The molecular weight excluding hydrogens is 330 g/mol. The van der Waals surface area contributed by atoms with Gasteiger partial charge < -0.3 is 5.32 Å². The maximum absolute atomic E-state index is 12.4. The Bertz CT molecular complexity index is 1030. The highest BCUT2D eigenvalue weighted by Crippen LogP contribution is 2.16. The Hall–Kier alpha value is -3.22. The van der Waals surface area contributed by atoms with Crippen molar-refractivity contribution in [1.82, 2.24) is 19.6 Å². The number of anilines is 1. The summed E-state index contributed by atoms with van der Waals surface area (Å²) in [5, 5.41) is 11.5. The number of nitrogens with zero attached hydrogens (tertiary/aromatic N) is 4. The molecule has 2 aromatic heterocycles. The number of aromatic nitrogens is 4. The van der Waals surface area contributed by atoms with E-state index in [1.807, 2.05) is 52.0 Å². The van der Waals surface area contributed by atoms with E-state index in [0.29, 0.717) is 5.82 Å². The third-order valence-corrected chi connectivity index (χ3v) is 4.03. The van der Waals surface area contributed by atoms with E-state index in [2.05, 4.69) is 15.5 Å². The molecule has 134 valence electrons. The first-order valence-electron chi connectivity index (χ1n) is 8.32. The Morgan fingerprint density at radius 3 is 2.46 bits per heavy atom. The molecule has 2 heterocycles. The third kappa shape index (κ3) is 3.72. The van der Waals surface area contributed by atoms with Crippen LogP contribution in [0.1, 0.15) is 22.5 Å². The van der Waals surface area contributed by atoms with Crippen LogP contribution in [-0.4, -0.2) is 25.5 Å². The SMILES string of the molecule is Cc1ccc(NC(=O)Cn2nc(-n3nc(C)cc3C)ccc2=O)c(C)c1. The first kappa shape index (κ1) is 17.6. The van der Waals surface area contributed by atoms with Crippen molar-refractivity contribution in [2.45, 2.75) is 34.2 Å². The molecule has 7 heteroatoms. The molecule has 0 atom stereocenters. The topological polar surface area (TPSA) is 81.8 Å². The van der Waals surface area contributed by atoms with Crippen LogP contribution in [0, 0.1) is 27.7 Å². The summed E-state index contributed by atoms with van der Waals surface area (Å²) in [4.78, 5) is 24.4. The molecule has 0 spiro atoms. The van der Waals surface area contributed by atoms with Gasteiger partial charge in [0.05, 0.1) is 5.69 Å². The van der Waals surface area contributed by atoms with Gasteiger partial charge in [-0.05, 0) is 51.5 Å². The van der Waals surface area contributed by atoms with Crippen molar-refractivity contribution in [2.75, 3.05) is 5.32 Å². The van der Waals surface area contributed by atoms with E-state index in [1.54, 1.807) is 10.7 Å². The third-order valence-electron chi connectivity index (χ3n) is 4.03. The highest BCUT2D eigenvalue weighted by Gasteiger charge is 2.11. The van der Waals surface area contributed by atoms with Crippen molar-refractivity contribution in [1.29, 1.82) is 0 Å². The van der Waals surface area contributed by atoms with Crippen LogP contribution in [0.15, 0.2) is 41.2 Å². The zero-order valence-electron chi connectivity index (χ0n) is 15.3. The molecule has 3 aromatic rings. The molecule has 26 heavy (non-hydrogen) atoms. The number of rotatable bonds is 4. The number of carbonyl (C=O) groups excluding carboxylic acids is 1. The van der Waals surface area contributed by atoms with E-state index in [0.717, 1.165) is 32.9 Å². The number of benzene rings is 1. The number of carbonyl (C=O) groups is 1. The van der Waals surface area contributed by atoms with E-state index in [9.17, 15) is 9.59 Å². The molecule has 1 aromatic carbocycles. The summed E-state index contributed by atoms with van der Waals surface area (Å²) in [5.41, 5.74) is 4.23. The zero-order valence-corrected chi connectivity index (χ0v) is 15.3. The monoisotopic (exact) mass is 351 g/mol. The van der Waals surface area contributed by atoms with Crippen LogP contribution in [0.5, 0.6) is 0 Å². The van der Waals surface area contributed by atoms with Gasteiger partial charge in [0.1, 0.15) is 6.54 Å². The summed E-state index contributed by atoms with van der Waals surface area (Å²) in [7, 11) is 0. The van der Waals surface area contributed by atoms with Gasteiger partial charge in [-0.15, -0.1) is 5.10 Å². The van der Waals surface area contributed by atoms with Crippen molar-refractivity contribution in [3.8, 4) is 5.82 Å². The Labute approximate surface area is 151 Å². The number of hydrogen-bond donors (Lipinski definition) is 1. The van der Waals surface area contributed by atoms with Crippen LogP contribution >= 0.6 is 0 Å². The molecule has 0 fully saturated rings. The summed E-state index contributed by atoms with van der Waals surface area (Å²) in [5.74, 6) is 0.187. The molecular formula is C19H21N5O2. The van der Waals surface area contributed by atoms with Crippen LogP contribution in [0.2, 0.25) is 0 Å². The largest absolute Gasteiger partial charge is 0.324 e. The second-order valence-corrected chi connectivity index (χ2v) is 6.39. The second-order valence-electron chi connectivity index (χ2n) is 6.39. The van der Waals surface area contributed by atoms with Crippen molar-refractivity contribution < 1.29 is 4.79 Å². The van der Waals surface area contributed by atoms with Crippen LogP contribution in [-0.2, 0) is 11.3 Å². The van der Waals surface area contributed by atoms with E-state index in [-0.39, 0.29) is 18.0 Å². The fraction of sp³-hybridized carbons (Fsp3) is 0.263. The first-order chi connectivity index (χ1) is 12.3. The Morgan fingerprint density at radius 1 is 1.04 bits per heavy atom. The number of amides is 1. The molecule has 0 aliphatic rings. The minimum absolute atomic E-state index is 0.167. The van der Waals surface area contributed by atoms with Crippen LogP contribution in [0.4, 0.5) is 5.69 Å². The van der Waals surface area contributed by atoms with E-state index >= 15 is 0 Å². The molecule has 0 unspecified atom stereocenters. The van der Waals surface area contributed by atoms with Gasteiger partial charge in [0.2, 0.25) is 5.91 Å². The van der Waals surface area contributed by atoms with Crippen molar-refractivity contribution in [3.63, 3.8) is 0 Å². The Balaban J connectivity index is 1.83. The van der Waals surface area contributed by atoms with Crippen LogP contribution in [0.3, 0.4) is 0 Å². The fourth-order valence-corrected chi connectivity index (χ4v) is 2.80. The van der Waals surface area contributed by atoms with Gasteiger partial charge in [-0.25, -0.2) is 9.36 Å². The standard InChI is InChI=1S/C19H21N5O2/c1-12-5-6-16(13(2)9-12)20-18(25)11-23-19(26)8-7-17(22-23)24-15(4)10-14(3)21-24/h5-10H,11H2,1-4H3,(H,20,25). The maximum atomic E-state index is 12.4. The van der Waals surface area contributed by atoms with Gasteiger partial charge in [-0.1, -0.05) is 17.7 Å². The lowest BCUT2D eigenvalue weighted by Crippen LogP contribution is -2.30. The molecule has 0 saturated heterocycles. The smallest absolute Gasteiger partial charge is 0.267 e. The molecule has 0 bridgehead atoms. The van der Waals surface area contributed by atoms with Crippen molar-refractivity contribution in [2.24, 2.45) is 0 Å². The molecule has 0 saturated carbocycles. The first-order valence-corrected chi connectivity index (χ1v) is 8.32. The lowest BCUT2D eigenvalue weighted by Gasteiger charge is -2.11. The summed E-state index contributed by atoms with van der Waals surface area (Å²) >= 11 is 0. The molecule has 1 amide bonds. The average Bonchev–Trinajstić information content (AvgIpc) is 2.91. The van der Waals surface area contributed by atoms with Gasteiger partial charge in [-0.2, -0.15) is 5.10 Å². The van der Waals surface area contributed by atoms with Gasteiger partial charge >= 0.3 is 0 Å². The van der Waals surface area contributed by atoms with Gasteiger partial charge in [0.15, 0.2) is 5.82 Å². The summed E-state index contributed by atoms with van der Waals surface area (Å²) in [6.45, 7) is 7.54. The molecule has 0 radical (unpaired) electrons. The van der Waals surface area contributed by atoms with Crippen molar-refractivity contribution >= 4 is 11.6 Å². The van der Waals surface area contributed by atoms with Gasteiger partial charge in [0, 0.05) is 17.4 Å². The second kappa shape index (κ2) is 6.95. The minimum Gasteiger partial charge on any atom is -0.324 e. The molecule has 3 rings (SSSR count). The van der Waals surface area contributed by atoms with Crippen LogP contribution in [0.25, 0.3) is 5.82 Å². The van der Waals surface area contributed by atoms with E-state index in [4.69, 9.17) is 0 Å². The average molecular weight is 351 g/mol. The predicted molar refractivity (Wildman–Crippen MR) is 99.6 cm³/mol. The summed E-state index contributed by atoms with van der Waals surface area (Å²) < 4.78 is 2.79. The normalized spacial score (nSPS) is 10.8.